The molecule has 0 saturated carbocycles. The number of aromatic nitrogens is 2. The SMILES string of the molecule is CCCN(C(=O)C1CNC1)C(C)(C)c1cnc2ccccn12. The van der Waals surface area contributed by atoms with Crippen LogP contribution in [0.15, 0.2) is 30.6 Å². The third-order valence-corrected chi connectivity index (χ3v) is 4.56. The molecular formula is C17H24N4O. The second-order valence-electron chi connectivity index (χ2n) is 6.48. The molecule has 0 aliphatic carbocycles. The van der Waals surface area contributed by atoms with Gasteiger partial charge in [0.05, 0.1) is 23.3 Å². The fourth-order valence-corrected chi connectivity index (χ4v) is 3.10. The first kappa shape index (κ1) is 15.0. The van der Waals surface area contributed by atoms with Crippen LogP contribution in [0, 0.1) is 5.92 Å². The van der Waals surface area contributed by atoms with Crippen molar-refractivity contribution in [3.63, 3.8) is 0 Å². The van der Waals surface area contributed by atoms with Gasteiger partial charge in [-0.3, -0.25) is 4.79 Å². The number of rotatable bonds is 5. The topological polar surface area (TPSA) is 49.6 Å². The van der Waals surface area contributed by atoms with Crippen LogP contribution in [0.1, 0.15) is 32.9 Å². The van der Waals surface area contributed by atoms with Crippen molar-refractivity contribution in [2.45, 2.75) is 32.7 Å². The van der Waals surface area contributed by atoms with Crippen molar-refractivity contribution in [1.29, 1.82) is 0 Å². The summed E-state index contributed by atoms with van der Waals surface area (Å²) in [5, 5.41) is 3.19. The molecule has 0 atom stereocenters. The molecule has 1 N–H and O–H groups in total. The summed E-state index contributed by atoms with van der Waals surface area (Å²) in [7, 11) is 0. The van der Waals surface area contributed by atoms with E-state index >= 15 is 0 Å². The van der Waals surface area contributed by atoms with Gasteiger partial charge in [-0.1, -0.05) is 13.0 Å². The molecule has 0 bridgehead atoms. The molecule has 22 heavy (non-hydrogen) atoms. The Bertz CT molecular complexity index is 672. The van der Waals surface area contributed by atoms with Crippen molar-refractivity contribution in [2.24, 2.45) is 5.92 Å². The first-order chi connectivity index (χ1) is 10.6. The maximum absolute atomic E-state index is 12.8. The lowest BCUT2D eigenvalue weighted by molar-refractivity contribution is -0.143. The molecule has 1 aliphatic rings. The van der Waals surface area contributed by atoms with E-state index < -0.39 is 0 Å². The number of amides is 1. The number of hydrogen-bond acceptors (Lipinski definition) is 3. The van der Waals surface area contributed by atoms with Gasteiger partial charge >= 0.3 is 0 Å². The predicted molar refractivity (Wildman–Crippen MR) is 86.6 cm³/mol. The first-order valence-corrected chi connectivity index (χ1v) is 8.00. The molecule has 0 unspecified atom stereocenters. The highest BCUT2D eigenvalue weighted by atomic mass is 16.2. The molecule has 1 amide bonds. The van der Waals surface area contributed by atoms with Crippen molar-refractivity contribution in [2.75, 3.05) is 19.6 Å². The Balaban J connectivity index is 1.98. The van der Waals surface area contributed by atoms with E-state index in [9.17, 15) is 4.79 Å². The summed E-state index contributed by atoms with van der Waals surface area (Å²) in [6.45, 7) is 8.70. The molecule has 5 heteroatoms. The lowest BCUT2D eigenvalue weighted by atomic mass is 9.93. The molecule has 1 aliphatic heterocycles. The molecule has 0 spiro atoms. The molecular weight excluding hydrogens is 276 g/mol. The Morgan fingerprint density at radius 3 is 2.86 bits per heavy atom. The highest BCUT2D eigenvalue weighted by Gasteiger charge is 2.39. The summed E-state index contributed by atoms with van der Waals surface area (Å²) < 4.78 is 2.08. The van der Waals surface area contributed by atoms with Gasteiger partial charge in [0, 0.05) is 25.8 Å². The molecule has 0 aromatic carbocycles. The van der Waals surface area contributed by atoms with Gasteiger partial charge in [0.2, 0.25) is 5.91 Å². The van der Waals surface area contributed by atoms with Gasteiger partial charge in [-0.2, -0.15) is 0 Å². The molecule has 3 heterocycles. The Labute approximate surface area is 131 Å². The van der Waals surface area contributed by atoms with Crippen molar-refractivity contribution >= 4 is 11.6 Å². The van der Waals surface area contributed by atoms with E-state index in [0.29, 0.717) is 0 Å². The molecule has 2 aromatic rings. The van der Waals surface area contributed by atoms with Gasteiger partial charge in [0.1, 0.15) is 5.65 Å². The molecule has 2 aromatic heterocycles. The number of pyridine rings is 1. The third-order valence-electron chi connectivity index (χ3n) is 4.56. The van der Waals surface area contributed by atoms with E-state index in [0.717, 1.165) is 37.4 Å². The fraction of sp³-hybridized carbons (Fsp3) is 0.529. The first-order valence-electron chi connectivity index (χ1n) is 8.00. The monoisotopic (exact) mass is 300 g/mol. The Morgan fingerprint density at radius 2 is 2.23 bits per heavy atom. The minimum atomic E-state index is -0.385. The van der Waals surface area contributed by atoms with Crippen LogP contribution in [0.3, 0.4) is 0 Å². The molecule has 0 radical (unpaired) electrons. The lowest BCUT2D eigenvalue weighted by Gasteiger charge is -2.42. The van der Waals surface area contributed by atoms with Crippen LogP contribution < -0.4 is 5.32 Å². The standard InChI is InChI=1S/C17H24N4O/c1-4-8-21(16(22)13-10-18-11-13)17(2,3)14-12-19-15-7-5-6-9-20(14)15/h5-7,9,12-13,18H,4,8,10-11H2,1-3H3. The Kier molecular flexibility index (Phi) is 3.91. The van der Waals surface area contributed by atoms with Crippen LogP contribution >= 0.6 is 0 Å². The second kappa shape index (κ2) is 5.72. The van der Waals surface area contributed by atoms with Gasteiger partial charge in [-0.25, -0.2) is 4.98 Å². The van der Waals surface area contributed by atoms with E-state index in [1.54, 1.807) is 0 Å². The summed E-state index contributed by atoms with van der Waals surface area (Å²) >= 11 is 0. The zero-order valence-electron chi connectivity index (χ0n) is 13.5. The lowest BCUT2D eigenvalue weighted by Crippen LogP contribution is -2.56. The van der Waals surface area contributed by atoms with Gasteiger partial charge in [-0.05, 0) is 32.4 Å². The number of hydrogen-bond donors (Lipinski definition) is 1. The van der Waals surface area contributed by atoms with Crippen LogP contribution in [0.25, 0.3) is 5.65 Å². The predicted octanol–water partition coefficient (Wildman–Crippen LogP) is 2.03. The van der Waals surface area contributed by atoms with E-state index in [4.69, 9.17) is 0 Å². The van der Waals surface area contributed by atoms with E-state index in [2.05, 4.69) is 35.5 Å². The summed E-state index contributed by atoms with van der Waals surface area (Å²) in [5.74, 6) is 0.362. The Hall–Kier alpha value is -1.88. The third kappa shape index (κ3) is 2.39. The average molecular weight is 300 g/mol. The summed E-state index contributed by atoms with van der Waals surface area (Å²) in [5.41, 5.74) is 1.58. The maximum atomic E-state index is 12.8. The number of nitrogens with one attached hydrogen (secondary N) is 1. The highest BCUT2D eigenvalue weighted by Crippen LogP contribution is 2.30. The van der Waals surface area contributed by atoms with Gasteiger partial charge in [-0.15, -0.1) is 0 Å². The molecule has 1 fully saturated rings. The number of carbonyl (C=O) groups excluding carboxylic acids is 1. The zero-order chi connectivity index (χ0) is 15.7. The van der Waals surface area contributed by atoms with Crippen molar-refractivity contribution < 1.29 is 4.79 Å². The van der Waals surface area contributed by atoms with E-state index in [1.165, 1.54) is 0 Å². The number of imidazole rings is 1. The fourth-order valence-electron chi connectivity index (χ4n) is 3.10. The molecule has 5 nitrogen and oxygen atoms in total. The van der Waals surface area contributed by atoms with E-state index in [1.807, 2.05) is 35.5 Å². The highest BCUT2D eigenvalue weighted by molar-refractivity contribution is 5.81. The minimum absolute atomic E-state index is 0.116. The zero-order valence-corrected chi connectivity index (χ0v) is 13.5. The second-order valence-corrected chi connectivity index (χ2v) is 6.48. The van der Waals surface area contributed by atoms with Gasteiger partial charge < -0.3 is 14.6 Å². The van der Waals surface area contributed by atoms with Crippen molar-refractivity contribution in [1.82, 2.24) is 19.6 Å². The summed E-state index contributed by atoms with van der Waals surface area (Å²) in [4.78, 5) is 19.4. The van der Waals surface area contributed by atoms with Crippen molar-refractivity contribution in [3.8, 4) is 0 Å². The molecule has 118 valence electrons. The van der Waals surface area contributed by atoms with Crippen molar-refractivity contribution in [3.05, 3.63) is 36.3 Å². The average Bonchev–Trinajstić information content (AvgIpc) is 2.87. The summed E-state index contributed by atoms with van der Waals surface area (Å²) in [6.07, 6.45) is 4.86. The quantitative estimate of drug-likeness (QED) is 0.919. The summed E-state index contributed by atoms with van der Waals surface area (Å²) in [6, 6.07) is 5.96. The van der Waals surface area contributed by atoms with Crippen LogP contribution in [-0.4, -0.2) is 39.8 Å². The van der Waals surface area contributed by atoms with Crippen LogP contribution in [0.4, 0.5) is 0 Å². The van der Waals surface area contributed by atoms with E-state index in [-0.39, 0.29) is 17.4 Å². The Morgan fingerprint density at radius 1 is 1.45 bits per heavy atom. The maximum Gasteiger partial charge on any atom is 0.229 e. The minimum Gasteiger partial charge on any atom is -0.332 e. The molecule has 1 saturated heterocycles. The van der Waals surface area contributed by atoms with Gasteiger partial charge in [0.15, 0.2) is 0 Å². The van der Waals surface area contributed by atoms with Crippen LogP contribution in [-0.2, 0) is 10.3 Å². The normalized spacial score (nSPS) is 15.8. The number of fused-ring (bicyclic) bond motifs is 1. The largest absolute Gasteiger partial charge is 0.332 e. The number of nitrogens with zero attached hydrogens (tertiary/aromatic N) is 3. The van der Waals surface area contributed by atoms with Crippen LogP contribution in [0.5, 0.6) is 0 Å². The number of carbonyl (C=O) groups is 1. The molecule has 3 rings (SSSR count). The smallest absolute Gasteiger partial charge is 0.229 e. The van der Waals surface area contributed by atoms with Crippen LogP contribution in [0.2, 0.25) is 0 Å². The van der Waals surface area contributed by atoms with Gasteiger partial charge in [0.25, 0.3) is 0 Å².